The van der Waals surface area contributed by atoms with E-state index >= 15 is 0 Å². The van der Waals surface area contributed by atoms with Gasteiger partial charge in [-0.15, -0.1) is 0 Å². The number of aliphatic hydroxyl groups excluding tert-OH is 1. The normalized spacial score (nSPS) is 11.4. The van der Waals surface area contributed by atoms with Crippen molar-refractivity contribution >= 4 is 11.6 Å². The molecule has 1 unspecified atom stereocenters. The largest absolute Gasteiger partial charge is 0.496 e. The second-order valence-corrected chi connectivity index (χ2v) is 6.27. The number of anilines is 1. The summed E-state index contributed by atoms with van der Waals surface area (Å²) in [5.41, 5.74) is 1.08. The van der Waals surface area contributed by atoms with Crippen molar-refractivity contribution in [2.45, 2.75) is 6.10 Å². The maximum atomic E-state index is 12.4. The van der Waals surface area contributed by atoms with Gasteiger partial charge in [0.05, 0.1) is 12.7 Å². The Hall–Kier alpha value is -3.51. The number of hydrogen-bond donors (Lipinski definition) is 2. The van der Waals surface area contributed by atoms with Crippen LogP contribution < -0.4 is 19.5 Å². The van der Waals surface area contributed by atoms with Crippen LogP contribution in [-0.4, -0.2) is 37.4 Å². The predicted molar refractivity (Wildman–Crippen MR) is 111 cm³/mol. The lowest BCUT2D eigenvalue weighted by Gasteiger charge is -2.14. The molecule has 3 rings (SSSR count). The second-order valence-electron chi connectivity index (χ2n) is 6.27. The molecule has 0 aliphatic heterocycles. The number of benzene rings is 3. The summed E-state index contributed by atoms with van der Waals surface area (Å²) >= 11 is 0. The Morgan fingerprint density at radius 3 is 2.10 bits per heavy atom. The number of aliphatic hydroxyl groups is 1. The first-order valence-corrected chi connectivity index (χ1v) is 9.19. The first kappa shape index (κ1) is 20.2. The van der Waals surface area contributed by atoms with E-state index in [9.17, 15) is 9.90 Å². The Bertz CT molecular complexity index is 912. The zero-order chi connectivity index (χ0) is 20.5. The maximum Gasteiger partial charge on any atom is 0.259 e. The number of nitrogens with one attached hydrogen (secondary N) is 1. The molecule has 0 fully saturated rings. The number of rotatable bonds is 9. The van der Waals surface area contributed by atoms with Crippen molar-refractivity contribution in [3.05, 3.63) is 84.4 Å². The molecule has 0 spiro atoms. The van der Waals surface area contributed by atoms with Gasteiger partial charge < -0.3 is 24.6 Å². The summed E-state index contributed by atoms with van der Waals surface area (Å²) < 4.78 is 16.3. The van der Waals surface area contributed by atoms with E-state index in [-0.39, 0.29) is 19.1 Å². The summed E-state index contributed by atoms with van der Waals surface area (Å²) in [5, 5.41) is 12.8. The van der Waals surface area contributed by atoms with Crippen LogP contribution in [0.25, 0.3) is 0 Å². The molecule has 6 nitrogen and oxygen atoms in total. The van der Waals surface area contributed by atoms with Crippen LogP contribution in [0.15, 0.2) is 78.9 Å². The lowest BCUT2D eigenvalue weighted by molar-refractivity contribution is 0.0626. The van der Waals surface area contributed by atoms with Gasteiger partial charge in [-0.1, -0.05) is 30.3 Å². The minimum Gasteiger partial charge on any atom is -0.496 e. The highest BCUT2D eigenvalue weighted by Crippen LogP contribution is 2.21. The van der Waals surface area contributed by atoms with Crippen LogP contribution in [-0.2, 0) is 0 Å². The highest BCUT2D eigenvalue weighted by atomic mass is 16.5. The molecule has 0 aliphatic carbocycles. The molecule has 29 heavy (non-hydrogen) atoms. The fourth-order valence-corrected chi connectivity index (χ4v) is 2.61. The van der Waals surface area contributed by atoms with Crippen molar-refractivity contribution in [3.8, 4) is 17.2 Å². The molecule has 0 saturated heterocycles. The average Bonchev–Trinajstić information content (AvgIpc) is 2.77. The number of carbonyl (C=O) groups excluding carboxylic acids is 1. The third-order valence-corrected chi connectivity index (χ3v) is 4.09. The molecule has 0 bridgehead atoms. The Balaban J connectivity index is 1.48. The lowest BCUT2D eigenvalue weighted by atomic mass is 10.2. The fraction of sp³-hybridized carbons (Fsp3) is 0.174. The van der Waals surface area contributed by atoms with E-state index in [0.29, 0.717) is 28.5 Å². The minimum atomic E-state index is -0.764. The number of methoxy groups -OCH3 is 1. The molecular formula is C23H23NO5. The molecule has 150 valence electrons. The van der Waals surface area contributed by atoms with Gasteiger partial charge in [-0.25, -0.2) is 0 Å². The van der Waals surface area contributed by atoms with Crippen molar-refractivity contribution < 1.29 is 24.1 Å². The molecule has 1 atom stereocenters. The summed E-state index contributed by atoms with van der Waals surface area (Å²) in [4.78, 5) is 12.4. The lowest BCUT2D eigenvalue weighted by Crippen LogP contribution is -2.25. The van der Waals surface area contributed by atoms with Gasteiger partial charge in [-0.3, -0.25) is 4.79 Å². The van der Waals surface area contributed by atoms with Crippen molar-refractivity contribution in [1.29, 1.82) is 0 Å². The first-order chi connectivity index (χ1) is 14.2. The van der Waals surface area contributed by atoms with Crippen LogP contribution in [0.1, 0.15) is 10.4 Å². The van der Waals surface area contributed by atoms with Gasteiger partial charge in [-0.05, 0) is 48.5 Å². The first-order valence-electron chi connectivity index (χ1n) is 9.19. The molecule has 0 aliphatic rings. The van der Waals surface area contributed by atoms with Gasteiger partial charge >= 0.3 is 0 Å². The third kappa shape index (κ3) is 5.99. The topological polar surface area (TPSA) is 77.0 Å². The van der Waals surface area contributed by atoms with Crippen molar-refractivity contribution in [2.24, 2.45) is 0 Å². The van der Waals surface area contributed by atoms with Gasteiger partial charge in [0.1, 0.15) is 36.6 Å². The zero-order valence-electron chi connectivity index (χ0n) is 16.1. The van der Waals surface area contributed by atoms with Crippen molar-refractivity contribution in [1.82, 2.24) is 0 Å². The third-order valence-electron chi connectivity index (χ3n) is 4.09. The van der Waals surface area contributed by atoms with Gasteiger partial charge in [-0.2, -0.15) is 0 Å². The number of para-hydroxylation sites is 2. The van der Waals surface area contributed by atoms with Crippen LogP contribution in [0.2, 0.25) is 0 Å². The molecule has 3 aromatic carbocycles. The summed E-state index contributed by atoms with van der Waals surface area (Å²) in [6.45, 7) is 0.233. The molecule has 0 radical (unpaired) electrons. The van der Waals surface area contributed by atoms with Gasteiger partial charge in [0.15, 0.2) is 0 Å². The van der Waals surface area contributed by atoms with Crippen LogP contribution in [0.4, 0.5) is 5.69 Å². The molecule has 3 aromatic rings. The van der Waals surface area contributed by atoms with Gasteiger partial charge in [0.25, 0.3) is 5.91 Å². The summed E-state index contributed by atoms with van der Waals surface area (Å²) in [5.74, 6) is 1.53. The zero-order valence-corrected chi connectivity index (χ0v) is 16.1. The number of ether oxygens (including phenoxy) is 3. The van der Waals surface area contributed by atoms with E-state index in [4.69, 9.17) is 14.2 Å². The van der Waals surface area contributed by atoms with Crippen LogP contribution in [0.5, 0.6) is 17.2 Å². The van der Waals surface area contributed by atoms with E-state index in [0.717, 1.165) is 0 Å². The minimum absolute atomic E-state index is 0.0970. The Kier molecular flexibility index (Phi) is 7.08. The number of amides is 1. The Morgan fingerprint density at radius 2 is 1.45 bits per heavy atom. The molecule has 2 N–H and O–H groups in total. The van der Waals surface area contributed by atoms with Crippen LogP contribution >= 0.6 is 0 Å². The maximum absolute atomic E-state index is 12.4. The highest BCUT2D eigenvalue weighted by Gasteiger charge is 2.12. The smallest absolute Gasteiger partial charge is 0.259 e. The van der Waals surface area contributed by atoms with E-state index in [1.54, 1.807) is 48.5 Å². The molecule has 0 aromatic heterocycles. The monoisotopic (exact) mass is 393 g/mol. The van der Waals surface area contributed by atoms with Crippen molar-refractivity contribution in [2.75, 3.05) is 25.6 Å². The second kappa shape index (κ2) is 10.1. The summed E-state index contributed by atoms with van der Waals surface area (Å²) in [7, 11) is 1.53. The van der Waals surface area contributed by atoms with Gasteiger partial charge in [0.2, 0.25) is 0 Å². The van der Waals surface area contributed by atoms with Crippen molar-refractivity contribution in [3.63, 3.8) is 0 Å². The average molecular weight is 393 g/mol. The SMILES string of the molecule is COc1ccccc1C(=O)Nc1ccc(OCC(O)COc2ccccc2)cc1. The van der Waals surface area contributed by atoms with E-state index < -0.39 is 6.10 Å². The van der Waals surface area contributed by atoms with Gasteiger partial charge in [0, 0.05) is 5.69 Å². The molecule has 0 heterocycles. The summed E-state index contributed by atoms with van der Waals surface area (Å²) in [6.07, 6.45) is -0.764. The fourth-order valence-electron chi connectivity index (χ4n) is 2.61. The molecule has 1 amide bonds. The molecule has 6 heteroatoms. The standard InChI is InChI=1S/C23H23NO5/c1-27-22-10-6-5-9-21(22)23(26)24-17-11-13-20(14-12-17)29-16-18(25)15-28-19-7-3-2-4-8-19/h2-14,18,25H,15-16H2,1H3,(H,24,26). The molecular weight excluding hydrogens is 370 g/mol. The highest BCUT2D eigenvalue weighted by molar-refractivity contribution is 6.06. The van der Waals surface area contributed by atoms with Crippen LogP contribution in [0.3, 0.4) is 0 Å². The van der Waals surface area contributed by atoms with E-state index in [1.165, 1.54) is 7.11 Å². The van der Waals surface area contributed by atoms with E-state index in [2.05, 4.69) is 5.32 Å². The summed E-state index contributed by atoms with van der Waals surface area (Å²) in [6, 6.07) is 23.2. The van der Waals surface area contributed by atoms with E-state index in [1.807, 2.05) is 30.3 Å². The Labute approximate surface area is 169 Å². The number of carbonyl (C=O) groups is 1. The quantitative estimate of drug-likeness (QED) is 0.579. The van der Waals surface area contributed by atoms with Crippen LogP contribution in [0, 0.1) is 0 Å². The molecule has 0 saturated carbocycles. The predicted octanol–water partition coefficient (Wildman–Crippen LogP) is 3.77. The Morgan fingerprint density at radius 1 is 0.862 bits per heavy atom. The number of hydrogen-bond acceptors (Lipinski definition) is 5.